The van der Waals surface area contributed by atoms with E-state index in [4.69, 9.17) is 4.74 Å². The third-order valence-electron chi connectivity index (χ3n) is 3.75. The molecule has 1 fully saturated rings. The Bertz CT molecular complexity index is 538. The summed E-state index contributed by atoms with van der Waals surface area (Å²) in [5, 5.41) is 7.70. The first-order valence-corrected chi connectivity index (χ1v) is 7.41. The van der Waals surface area contributed by atoms with E-state index in [0.717, 1.165) is 38.5 Å². The molecule has 0 amide bonds. The minimum absolute atomic E-state index is 0.298. The maximum Gasteiger partial charge on any atom is 0.0826 e. The number of hydrogen-bond donors (Lipinski definition) is 1. The Balaban J connectivity index is 1.47. The average Bonchev–Trinajstić information content (AvgIpc) is 3.02. The average molecular weight is 286 g/mol. The maximum absolute atomic E-state index is 5.74. The van der Waals surface area contributed by atoms with Crippen molar-refractivity contribution < 1.29 is 4.74 Å². The summed E-state index contributed by atoms with van der Waals surface area (Å²) in [5.74, 6) is 0. The van der Waals surface area contributed by atoms with Crippen molar-refractivity contribution in [2.75, 3.05) is 33.3 Å². The summed E-state index contributed by atoms with van der Waals surface area (Å²) in [6, 6.07) is 10.4. The predicted molar refractivity (Wildman–Crippen MR) is 82.5 cm³/mol. The van der Waals surface area contributed by atoms with E-state index in [0.29, 0.717) is 6.10 Å². The molecular formula is C16H22N4O. The Labute approximate surface area is 125 Å². The Kier molecular flexibility index (Phi) is 4.65. The van der Waals surface area contributed by atoms with Gasteiger partial charge in [0, 0.05) is 38.6 Å². The van der Waals surface area contributed by atoms with Gasteiger partial charge in [-0.2, -0.15) is 5.10 Å². The minimum atomic E-state index is 0.298. The molecule has 0 spiro atoms. The van der Waals surface area contributed by atoms with Crippen LogP contribution in [0.3, 0.4) is 0 Å². The summed E-state index contributed by atoms with van der Waals surface area (Å²) in [7, 11) is 2.14. The number of rotatable bonds is 5. The van der Waals surface area contributed by atoms with Gasteiger partial charge >= 0.3 is 0 Å². The second kappa shape index (κ2) is 6.85. The summed E-state index contributed by atoms with van der Waals surface area (Å²) in [6.07, 6.45) is 4.04. The zero-order valence-corrected chi connectivity index (χ0v) is 12.4. The standard InChI is InChI=1S/C16H22N4O/c1-19-9-10-21-16(13-19)12-17-11-14-3-5-15(6-4-14)20-8-2-7-18-20/h2-8,16-17H,9-13H2,1H3/t16-/m1/s1. The fraction of sp³-hybridized carbons (Fsp3) is 0.438. The molecule has 5 nitrogen and oxygen atoms in total. The molecule has 112 valence electrons. The minimum Gasteiger partial charge on any atom is -0.374 e. The van der Waals surface area contributed by atoms with Gasteiger partial charge in [0.05, 0.1) is 18.4 Å². The SMILES string of the molecule is CN1CCO[C@H](CNCc2ccc(-n3cccn3)cc2)C1. The quantitative estimate of drug-likeness (QED) is 0.899. The molecule has 1 aromatic carbocycles. The van der Waals surface area contributed by atoms with E-state index in [2.05, 4.69) is 46.6 Å². The molecule has 0 radical (unpaired) electrons. The monoisotopic (exact) mass is 286 g/mol. The van der Waals surface area contributed by atoms with Gasteiger partial charge in [-0.3, -0.25) is 0 Å². The first-order valence-electron chi connectivity index (χ1n) is 7.41. The van der Waals surface area contributed by atoms with Crippen LogP contribution in [0.4, 0.5) is 0 Å². The van der Waals surface area contributed by atoms with Crippen molar-refractivity contribution in [3.8, 4) is 5.69 Å². The molecule has 1 aromatic heterocycles. The first kappa shape index (κ1) is 14.3. The molecule has 1 N–H and O–H groups in total. The van der Waals surface area contributed by atoms with Gasteiger partial charge in [-0.05, 0) is 30.8 Å². The van der Waals surface area contributed by atoms with E-state index in [1.54, 1.807) is 6.20 Å². The van der Waals surface area contributed by atoms with Crippen LogP contribution in [0.25, 0.3) is 5.69 Å². The molecule has 21 heavy (non-hydrogen) atoms. The second-order valence-electron chi connectivity index (χ2n) is 5.50. The first-order chi connectivity index (χ1) is 10.3. The van der Waals surface area contributed by atoms with Gasteiger partial charge in [0.2, 0.25) is 0 Å². The normalized spacial score (nSPS) is 19.8. The maximum atomic E-state index is 5.74. The zero-order valence-electron chi connectivity index (χ0n) is 12.4. The largest absolute Gasteiger partial charge is 0.374 e. The van der Waals surface area contributed by atoms with Crippen LogP contribution < -0.4 is 5.32 Å². The number of nitrogens with one attached hydrogen (secondary N) is 1. The van der Waals surface area contributed by atoms with Gasteiger partial charge in [-0.1, -0.05) is 12.1 Å². The van der Waals surface area contributed by atoms with Crippen LogP contribution in [0.1, 0.15) is 5.56 Å². The summed E-state index contributed by atoms with van der Waals surface area (Å²) < 4.78 is 7.60. The van der Waals surface area contributed by atoms with E-state index in [1.807, 2.05) is 16.9 Å². The third kappa shape index (κ3) is 3.91. The van der Waals surface area contributed by atoms with E-state index in [-0.39, 0.29) is 0 Å². The summed E-state index contributed by atoms with van der Waals surface area (Å²) in [5.41, 5.74) is 2.36. The third-order valence-corrected chi connectivity index (χ3v) is 3.75. The lowest BCUT2D eigenvalue weighted by molar-refractivity contribution is -0.0182. The molecular weight excluding hydrogens is 264 g/mol. The molecule has 5 heteroatoms. The van der Waals surface area contributed by atoms with Crippen LogP contribution in [0, 0.1) is 0 Å². The van der Waals surface area contributed by atoms with Crippen LogP contribution in [-0.4, -0.2) is 54.1 Å². The van der Waals surface area contributed by atoms with E-state index in [9.17, 15) is 0 Å². The van der Waals surface area contributed by atoms with Crippen LogP contribution >= 0.6 is 0 Å². The molecule has 0 saturated carbocycles. The number of likely N-dealkylation sites (N-methyl/N-ethyl adjacent to an activating group) is 1. The molecule has 1 saturated heterocycles. The van der Waals surface area contributed by atoms with Crippen LogP contribution in [0.5, 0.6) is 0 Å². The predicted octanol–water partition coefficient (Wildman–Crippen LogP) is 1.29. The Morgan fingerprint density at radius 3 is 2.90 bits per heavy atom. The highest BCUT2D eigenvalue weighted by Gasteiger charge is 2.16. The number of aromatic nitrogens is 2. The smallest absolute Gasteiger partial charge is 0.0826 e. The van der Waals surface area contributed by atoms with Crippen molar-refractivity contribution in [1.82, 2.24) is 20.0 Å². The van der Waals surface area contributed by atoms with Gasteiger partial charge in [-0.15, -0.1) is 0 Å². The zero-order chi connectivity index (χ0) is 14.5. The topological polar surface area (TPSA) is 42.3 Å². The van der Waals surface area contributed by atoms with Gasteiger partial charge < -0.3 is 15.0 Å². The number of ether oxygens (including phenoxy) is 1. The molecule has 0 unspecified atom stereocenters. The lowest BCUT2D eigenvalue weighted by Crippen LogP contribution is -2.44. The Hall–Kier alpha value is -1.69. The van der Waals surface area contributed by atoms with Crippen molar-refractivity contribution >= 4 is 0 Å². The summed E-state index contributed by atoms with van der Waals surface area (Å²) in [4.78, 5) is 2.31. The van der Waals surface area contributed by atoms with Gasteiger partial charge in [0.15, 0.2) is 0 Å². The molecule has 1 atom stereocenters. The number of benzene rings is 1. The lowest BCUT2D eigenvalue weighted by atomic mass is 10.2. The van der Waals surface area contributed by atoms with E-state index >= 15 is 0 Å². The van der Waals surface area contributed by atoms with Crippen molar-refractivity contribution in [2.45, 2.75) is 12.6 Å². The fourth-order valence-electron chi connectivity index (χ4n) is 2.56. The molecule has 2 heterocycles. The van der Waals surface area contributed by atoms with Gasteiger partial charge in [-0.25, -0.2) is 4.68 Å². The van der Waals surface area contributed by atoms with Crippen LogP contribution in [0.2, 0.25) is 0 Å². The highest BCUT2D eigenvalue weighted by Crippen LogP contribution is 2.08. The number of morpholine rings is 1. The number of nitrogens with zero attached hydrogens (tertiary/aromatic N) is 3. The second-order valence-corrected chi connectivity index (χ2v) is 5.50. The fourth-order valence-corrected chi connectivity index (χ4v) is 2.56. The van der Waals surface area contributed by atoms with E-state index in [1.165, 1.54) is 5.56 Å². The van der Waals surface area contributed by atoms with Crippen LogP contribution in [0.15, 0.2) is 42.7 Å². The molecule has 0 bridgehead atoms. The molecule has 1 aliphatic heterocycles. The molecule has 0 aliphatic carbocycles. The van der Waals surface area contributed by atoms with Gasteiger partial charge in [0.1, 0.15) is 0 Å². The number of hydrogen-bond acceptors (Lipinski definition) is 4. The van der Waals surface area contributed by atoms with Gasteiger partial charge in [0.25, 0.3) is 0 Å². The van der Waals surface area contributed by atoms with Crippen molar-refractivity contribution in [2.24, 2.45) is 0 Å². The van der Waals surface area contributed by atoms with Crippen molar-refractivity contribution in [1.29, 1.82) is 0 Å². The Morgan fingerprint density at radius 2 is 2.19 bits per heavy atom. The molecule has 3 rings (SSSR count). The van der Waals surface area contributed by atoms with Crippen LogP contribution in [-0.2, 0) is 11.3 Å². The van der Waals surface area contributed by atoms with Crippen molar-refractivity contribution in [3.63, 3.8) is 0 Å². The lowest BCUT2D eigenvalue weighted by Gasteiger charge is -2.30. The van der Waals surface area contributed by atoms with E-state index < -0.39 is 0 Å². The highest BCUT2D eigenvalue weighted by molar-refractivity contribution is 5.33. The summed E-state index contributed by atoms with van der Waals surface area (Å²) >= 11 is 0. The highest BCUT2D eigenvalue weighted by atomic mass is 16.5. The van der Waals surface area contributed by atoms with Crippen molar-refractivity contribution in [3.05, 3.63) is 48.3 Å². The molecule has 1 aliphatic rings. The summed E-state index contributed by atoms with van der Waals surface area (Å²) in [6.45, 7) is 4.63. The Morgan fingerprint density at radius 1 is 1.33 bits per heavy atom. The molecule has 2 aromatic rings.